The number of hydrogen-bond donors (Lipinski definition) is 2. The number of aromatic nitrogens is 2. The van der Waals surface area contributed by atoms with Crippen LogP contribution in [0.4, 0.5) is 4.79 Å². The molecule has 0 unspecified atom stereocenters. The van der Waals surface area contributed by atoms with Gasteiger partial charge in [-0.3, -0.25) is 5.10 Å². The third kappa shape index (κ3) is 5.26. The summed E-state index contributed by atoms with van der Waals surface area (Å²) in [6, 6.07) is 15.7. The van der Waals surface area contributed by atoms with Crippen molar-refractivity contribution in [2.24, 2.45) is 11.7 Å². The second kappa shape index (κ2) is 11.1. The first-order valence-electron chi connectivity index (χ1n) is 12.9. The number of benzene rings is 2. The number of nitrogens with zero attached hydrogens (tertiary/aromatic N) is 3. The van der Waals surface area contributed by atoms with Gasteiger partial charge in [0.25, 0.3) is 0 Å². The fraction of sp³-hybridized carbons (Fsp3) is 0.345. The lowest BCUT2D eigenvalue weighted by atomic mass is 9.83. The fourth-order valence-electron chi connectivity index (χ4n) is 4.93. The Labute approximate surface area is 226 Å². The van der Waals surface area contributed by atoms with Crippen LogP contribution < -0.4 is 19.9 Å². The van der Waals surface area contributed by atoms with Crippen molar-refractivity contribution in [3.63, 3.8) is 0 Å². The Morgan fingerprint density at radius 1 is 1.21 bits per heavy atom. The lowest BCUT2D eigenvalue weighted by Crippen LogP contribution is -2.42. The highest BCUT2D eigenvalue weighted by Crippen LogP contribution is 2.47. The second-order valence-corrected chi connectivity index (χ2v) is 9.91. The summed E-state index contributed by atoms with van der Waals surface area (Å²) in [5.74, 6) is 0.814. The summed E-state index contributed by atoms with van der Waals surface area (Å²) in [6.45, 7) is 6.15. The molecule has 202 valence electrons. The number of ether oxygens (including phenoxy) is 4. The Kier molecular flexibility index (Phi) is 7.43. The number of morpholine rings is 1. The van der Waals surface area contributed by atoms with Crippen LogP contribution in [0.2, 0.25) is 0 Å². The average molecular weight is 530 g/mol. The van der Waals surface area contributed by atoms with Crippen molar-refractivity contribution in [1.82, 2.24) is 15.1 Å². The molecule has 5 rings (SSSR count). The van der Waals surface area contributed by atoms with Gasteiger partial charge < -0.3 is 29.6 Å². The molecule has 0 radical (unpaired) electrons. The van der Waals surface area contributed by atoms with E-state index in [-0.39, 0.29) is 17.2 Å². The van der Waals surface area contributed by atoms with Crippen molar-refractivity contribution in [2.45, 2.75) is 26.2 Å². The van der Waals surface area contributed by atoms with E-state index in [4.69, 9.17) is 24.7 Å². The normalized spacial score (nSPS) is 16.9. The van der Waals surface area contributed by atoms with Gasteiger partial charge in [0.05, 0.1) is 37.5 Å². The van der Waals surface area contributed by atoms with Crippen molar-refractivity contribution >= 4 is 6.09 Å². The first kappa shape index (κ1) is 26.1. The van der Waals surface area contributed by atoms with Crippen LogP contribution >= 0.6 is 0 Å². The Morgan fingerprint density at radius 3 is 2.62 bits per heavy atom. The highest BCUT2D eigenvalue weighted by molar-refractivity contribution is 5.73. The van der Waals surface area contributed by atoms with Gasteiger partial charge >= 0.3 is 6.09 Å². The van der Waals surface area contributed by atoms with Gasteiger partial charge in [-0.25, -0.2) is 4.79 Å². The number of nitrogens with two attached hydrogens (primary N) is 1. The van der Waals surface area contributed by atoms with E-state index < -0.39 is 12.0 Å². The maximum atomic E-state index is 12.9. The smallest absolute Gasteiger partial charge is 0.415 e. The topological polar surface area (TPSA) is 136 Å². The number of carbonyl (C=O) groups excluding carboxylic acids is 1. The number of H-pyrrole nitrogens is 1. The van der Waals surface area contributed by atoms with E-state index in [1.165, 1.54) is 12.7 Å². The Hall–Kier alpha value is -4.49. The van der Waals surface area contributed by atoms with Gasteiger partial charge in [-0.2, -0.15) is 5.26 Å². The van der Waals surface area contributed by atoms with E-state index in [1.54, 1.807) is 17.0 Å². The number of hydrogen-bond acceptors (Lipinski definition) is 8. The fourth-order valence-corrected chi connectivity index (χ4v) is 4.93. The molecule has 2 aromatic carbocycles. The van der Waals surface area contributed by atoms with Crippen LogP contribution in [-0.4, -0.2) is 54.6 Å². The molecule has 2 aliphatic rings. The van der Waals surface area contributed by atoms with Gasteiger partial charge in [-0.15, -0.1) is 5.10 Å². The standard InChI is InChI=1S/C29H31N5O5/c1-17(2)14-18-4-6-19(7-5-18)26-25-24(21(16-30)27(31)39-28(25)33-32-26)20-8-9-22(36-3)23(15-20)38-29(35)34-10-12-37-13-11-34/h4-9,15,17,24H,10-14,31H2,1-3H3,(H,32,33)/t24-/m1/s1. The van der Waals surface area contributed by atoms with Crippen molar-refractivity contribution in [3.8, 4) is 34.7 Å². The first-order valence-corrected chi connectivity index (χ1v) is 12.9. The molecular formula is C29H31N5O5. The Bertz CT molecular complexity index is 1430. The maximum absolute atomic E-state index is 12.9. The lowest BCUT2D eigenvalue weighted by molar-refractivity contribution is 0.0413. The second-order valence-electron chi connectivity index (χ2n) is 9.91. The molecule has 0 saturated carbocycles. The zero-order valence-electron chi connectivity index (χ0n) is 22.2. The van der Waals surface area contributed by atoms with E-state index in [9.17, 15) is 10.1 Å². The number of aromatic amines is 1. The summed E-state index contributed by atoms with van der Waals surface area (Å²) >= 11 is 0. The summed E-state index contributed by atoms with van der Waals surface area (Å²) in [6.07, 6.45) is 0.477. The van der Waals surface area contributed by atoms with Gasteiger partial charge in [0.1, 0.15) is 11.6 Å². The van der Waals surface area contributed by atoms with Crippen molar-refractivity contribution in [3.05, 3.63) is 70.6 Å². The predicted octanol–water partition coefficient (Wildman–Crippen LogP) is 4.33. The summed E-state index contributed by atoms with van der Waals surface area (Å²) < 4.78 is 22.3. The molecule has 10 nitrogen and oxygen atoms in total. The highest BCUT2D eigenvalue weighted by atomic mass is 16.6. The molecule has 3 heterocycles. The highest BCUT2D eigenvalue weighted by Gasteiger charge is 2.36. The molecular weight excluding hydrogens is 498 g/mol. The summed E-state index contributed by atoms with van der Waals surface area (Å²) in [5, 5.41) is 17.5. The van der Waals surface area contributed by atoms with Crippen LogP contribution in [0.25, 0.3) is 11.3 Å². The molecule has 1 amide bonds. The SMILES string of the molecule is COc1ccc([C@@H]2C(C#N)=C(N)Oc3n[nH]c(-c4ccc(CC(C)C)cc4)c32)cc1OC(=O)N1CCOCC1. The summed E-state index contributed by atoms with van der Waals surface area (Å²) in [5.41, 5.74) is 10.6. The number of fused-ring (bicyclic) bond motifs is 1. The van der Waals surface area contributed by atoms with Gasteiger partial charge in [0.2, 0.25) is 11.8 Å². The van der Waals surface area contributed by atoms with Crippen LogP contribution in [0.15, 0.2) is 53.9 Å². The van der Waals surface area contributed by atoms with E-state index in [2.05, 4.69) is 42.2 Å². The third-order valence-corrected chi connectivity index (χ3v) is 6.81. The third-order valence-electron chi connectivity index (χ3n) is 6.81. The molecule has 0 spiro atoms. The van der Waals surface area contributed by atoms with E-state index >= 15 is 0 Å². The van der Waals surface area contributed by atoms with E-state index in [0.29, 0.717) is 60.7 Å². The number of methoxy groups -OCH3 is 1. The van der Waals surface area contributed by atoms with Gasteiger partial charge in [0.15, 0.2) is 11.5 Å². The molecule has 0 aliphatic carbocycles. The predicted molar refractivity (Wildman–Crippen MR) is 143 cm³/mol. The summed E-state index contributed by atoms with van der Waals surface area (Å²) in [7, 11) is 1.50. The van der Waals surface area contributed by atoms with Crippen LogP contribution in [0, 0.1) is 17.2 Å². The number of carbonyl (C=O) groups is 1. The van der Waals surface area contributed by atoms with Crippen molar-refractivity contribution in [1.29, 1.82) is 5.26 Å². The van der Waals surface area contributed by atoms with Gasteiger partial charge in [-0.1, -0.05) is 44.2 Å². The van der Waals surface area contributed by atoms with Crippen LogP contribution in [0.5, 0.6) is 17.4 Å². The largest absolute Gasteiger partial charge is 0.493 e. The molecule has 39 heavy (non-hydrogen) atoms. The number of nitriles is 1. The minimum atomic E-state index is -0.616. The molecule has 0 bridgehead atoms. The van der Waals surface area contributed by atoms with Crippen molar-refractivity contribution in [2.75, 3.05) is 33.4 Å². The molecule has 10 heteroatoms. The number of rotatable bonds is 6. The monoisotopic (exact) mass is 529 g/mol. The minimum absolute atomic E-state index is 0.0250. The molecule has 1 fully saturated rings. The molecule has 1 aromatic heterocycles. The van der Waals surface area contributed by atoms with Crippen LogP contribution in [-0.2, 0) is 11.2 Å². The van der Waals surface area contributed by atoms with Crippen LogP contribution in [0.1, 0.15) is 36.5 Å². The quantitative estimate of drug-likeness (QED) is 0.482. The number of nitrogens with one attached hydrogen (secondary N) is 1. The number of allylic oxidation sites excluding steroid dienone is 1. The van der Waals surface area contributed by atoms with Crippen LogP contribution in [0.3, 0.4) is 0 Å². The summed E-state index contributed by atoms with van der Waals surface area (Å²) in [4.78, 5) is 14.4. The maximum Gasteiger partial charge on any atom is 0.415 e. The zero-order chi connectivity index (χ0) is 27.5. The molecule has 2 aliphatic heterocycles. The zero-order valence-corrected chi connectivity index (χ0v) is 22.2. The molecule has 3 aromatic rings. The minimum Gasteiger partial charge on any atom is -0.493 e. The first-order chi connectivity index (χ1) is 18.9. The molecule has 1 atom stereocenters. The van der Waals surface area contributed by atoms with E-state index in [1.807, 2.05) is 18.2 Å². The molecule has 1 saturated heterocycles. The van der Waals surface area contributed by atoms with E-state index in [0.717, 1.165) is 12.0 Å². The Balaban J connectivity index is 1.55. The number of amides is 1. The van der Waals surface area contributed by atoms with Gasteiger partial charge in [-0.05, 0) is 35.6 Å². The molecule has 3 N–H and O–H groups in total. The lowest BCUT2D eigenvalue weighted by Gasteiger charge is -2.27. The average Bonchev–Trinajstić information content (AvgIpc) is 3.36. The Morgan fingerprint density at radius 2 is 1.95 bits per heavy atom. The van der Waals surface area contributed by atoms with Gasteiger partial charge in [0, 0.05) is 18.7 Å². The van der Waals surface area contributed by atoms with Crippen molar-refractivity contribution < 1.29 is 23.7 Å².